The van der Waals surface area contributed by atoms with Crippen LogP contribution in [0.5, 0.6) is 5.75 Å². The molecule has 0 amide bonds. The van der Waals surface area contributed by atoms with Gasteiger partial charge in [-0.05, 0) is 17.9 Å². The molecule has 1 aromatic rings. The minimum Gasteiger partial charge on any atom is -0.493 e. The molecule has 2 heteroatoms. The highest BCUT2D eigenvalue weighted by molar-refractivity contribution is 5.45. The summed E-state index contributed by atoms with van der Waals surface area (Å²) in [7, 11) is 0. The molecule has 2 atom stereocenters. The number of hydrogen-bond acceptors (Lipinski definition) is 2. The van der Waals surface area contributed by atoms with Crippen LogP contribution in [0.2, 0.25) is 0 Å². The smallest absolute Gasteiger partial charge is 0.127 e. The molecule has 1 aliphatic rings. The van der Waals surface area contributed by atoms with Crippen LogP contribution in [0.15, 0.2) is 18.2 Å². The summed E-state index contributed by atoms with van der Waals surface area (Å²) in [5.41, 5.74) is 8.77. The lowest BCUT2D eigenvalue weighted by Gasteiger charge is -2.18. The average Bonchev–Trinajstić information content (AvgIpc) is 2.76. The minimum absolute atomic E-state index is 0.114. The predicted octanol–water partition coefficient (Wildman–Crippen LogP) is 3.06. The zero-order valence-corrected chi connectivity index (χ0v) is 10.2. The summed E-state index contributed by atoms with van der Waals surface area (Å²) in [6, 6.07) is 6.46. The van der Waals surface area contributed by atoms with E-state index in [2.05, 4.69) is 32.0 Å². The van der Waals surface area contributed by atoms with Gasteiger partial charge in [0, 0.05) is 18.0 Å². The third kappa shape index (κ3) is 2.22. The van der Waals surface area contributed by atoms with Gasteiger partial charge in [-0.2, -0.15) is 0 Å². The summed E-state index contributed by atoms with van der Waals surface area (Å²) in [5, 5.41) is 0. The summed E-state index contributed by atoms with van der Waals surface area (Å²) in [6.45, 7) is 5.27. The van der Waals surface area contributed by atoms with Crippen LogP contribution in [-0.4, -0.2) is 6.61 Å². The minimum atomic E-state index is 0.114. The molecule has 0 saturated heterocycles. The van der Waals surface area contributed by atoms with Gasteiger partial charge in [-0.25, -0.2) is 0 Å². The third-order valence-electron chi connectivity index (χ3n) is 3.50. The molecule has 1 heterocycles. The van der Waals surface area contributed by atoms with E-state index in [4.69, 9.17) is 10.5 Å². The van der Waals surface area contributed by atoms with Crippen molar-refractivity contribution in [2.75, 3.05) is 6.61 Å². The Hall–Kier alpha value is -1.02. The second-order valence-corrected chi connectivity index (χ2v) is 4.79. The van der Waals surface area contributed by atoms with Crippen molar-refractivity contribution in [1.29, 1.82) is 0 Å². The van der Waals surface area contributed by atoms with Gasteiger partial charge in [-0.3, -0.25) is 0 Å². The molecule has 88 valence electrons. The quantitative estimate of drug-likeness (QED) is 0.844. The van der Waals surface area contributed by atoms with Crippen LogP contribution in [0.25, 0.3) is 0 Å². The number of rotatable bonds is 4. The highest BCUT2D eigenvalue weighted by Gasteiger charge is 2.20. The van der Waals surface area contributed by atoms with E-state index in [1.165, 1.54) is 17.5 Å². The molecule has 0 aliphatic carbocycles. The number of benzene rings is 1. The van der Waals surface area contributed by atoms with Crippen molar-refractivity contribution in [1.82, 2.24) is 0 Å². The van der Waals surface area contributed by atoms with Gasteiger partial charge in [-0.1, -0.05) is 38.5 Å². The first-order chi connectivity index (χ1) is 7.72. The lowest BCUT2D eigenvalue weighted by molar-refractivity contribution is 0.347. The normalized spacial score (nSPS) is 17.7. The lowest BCUT2D eigenvalue weighted by Crippen LogP contribution is -2.14. The molecule has 0 radical (unpaired) electrons. The summed E-state index contributed by atoms with van der Waals surface area (Å²) >= 11 is 0. The molecule has 0 bridgehead atoms. The first-order valence-corrected chi connectivity index (χ1v) is 6.22. The largest absolute Gasteiger partial charge is 0.493 e. The van der Waals surface area contributed by atoms with Gasteiger partial charge < -0.3 is 10.5 Å². The summed E-state index contributed by atoms with van der Waals surface area (Å²) in [5.74, 6) is 1.73. The second kappa shape index (κ2) is 4.88. The van der Waals surface area contributed by atoms with Crippen LogP contribution in [0.1, 0.15) is 43.9 Å². The van der Waals surface area contributed by atoms with Crippen molar-refractivity contribution in [3.05, 3.63) is 29.3 Å². The lowest BCUT2D eigenvalue weighted by atomic mass is 9.93. The van der Waals surface area contributed by atoms with Gasteiger partial charge in [0.1, 0.15) is 5.75 Å². The molecule has 0 spiro atoms. The Morgan fingerprint density at radius 3 is 3.00 bits per heavy atom. The van der Waals surface area contributed by atoms with E-state index in [0.717, 1.165) is 25.2 Å². The number of fused-ring (bicyclic) bond motifs is 1. The topological polar surface area (TPSA) is 35.2 Å². The van der Waals surface area contributed by atoms with Crippen molar-refractivity contribution < 1.29 is 4.74 Å². The van der Waals surface area contributed by atoms with E-state index < -0.39 is 0 Å². The average molecular weight is 219 g/mol. The maximum atomic E-state index is 6.26. The Labute approximate surface area is 97.8 Å². The van der Waals surface area contributed by atoms with Crippen molar-refractivity contribution in [2.45, 2.75) is 39.2 Å². The van der Waals surface area contributed by atoms with Crippen LogP contribution < -0.4 is 10.5 Å². The summed E-state index contributed by atoms with van der Waals surface area (Å²) in [6.07, 6.45) is 3.25. The van der Waals surface area contributed by atoms with Gasteiger partial charge in [0.2, 0.25) is 0 Å². The fourth-order valence-corrected chi connectivity index (χ4v) is 2.26. The molecule has 2 rings (SSSR count). The Balaban J connectivity index is 2.17. The second-order valence-electron chi connectivity index (χ2n) is 4.79. The fraction of sp³-hybridized carbons (Fsp3) is 0.571. The number of para-hydroxylation sites is 1. The zero-order chi connectivity index (χ0) is 11.5. The summed E-state index contributed by atoms with van der Waals surface area (Å²) in [4.78, 5) is 0. The highest BCUT2D eigenvalue weighted by atomic mass is 16.5. The van der Waals surface area contributed by atoms with Gasteiger partial charge in [0.15, 0.2) is 0 Å². The zero-order valence-electron chi connectivity index (χ0n) is 10.2. The Morgan fingerprint density at radius 1 is 1.44 bits per heavy atom. The predicted molar refractivity (Wildman–Crippen MR) is 66.6 cm³/mol. The number of ether oxygens (including phenoxy) is 1. The van der Waals surface area contributed by atoms with E-state index >= 15 is 0 Å². The van der Waals surface area contributed by atoms with Crippen molar-refractivity contribution in [3.8, 4) is 5.75 Å². The maximum Gasteiger partial charge on any atom is 0.127 e. The SMILES string of the molecule is CCC(C)CC(N)c1cccc2c1OCC2. The molecular weight excluding hydrogens is 198 g/mol. The van der Waals surface area contributed by atoms with Crippen LogP contribution in [0, 0.1) is 5.92 Å². The molecule has 1 aromatic carbocycles. The Morgan fingerprint density at radius 2 is 2.25 bits per heavy atom. The van der Waals surface area contributed by atoms with E-state index in [1.54, 1.807) is 0 Å². The van der Waals surface area contributed by atoms with Crippen LogP contribution in [-0.2, 0) is 6.42 Å². The Bertz CT molecular complexity index is 362. The van der Waals surface area contributed by atoms with Gasteiger partial charge >= 0.3 is 0 Å². The molecule has 1 aliphatic heterocycles. The standard InChI is InChI=1S/C14H21NO/c1-3-10(2)9-13(15)12-6-4-5-11-7-8-16-14(11)12/h4-6,10,13H,3,7-9,15H2,1-2H3. The van der Waals surface area contributed by atoms with Gasteiger partial charge in [0.05, 0.1) is 6.61 Å². The van der Waals surface area contributed by atoms with Crippen molar-refractivity contribution >= 4 is 0 Å². The Kier molecular flexibility index (Phi) is 3.49. The third-order valence-corrected chi connectivity index (χ3v) is 3.50. The molecular formula is C14H21NO. The van der Waals surface area contributed by atoms with Crippen LogP contribution in [0.4, 0.5) is 0 Å². The highest BCUT2D eigenvalue weighted by Crippen LogP contribution is 2.34. The molecule has 0 fully saturated rings. The molecule has 2 unspecified atom stereocenters. The monoisotopic (exact) mass is 219 g/mol. The molecule has 2 nitrogen and oxygen atoms in total. The van der Waals surface area contributed by atoms with Crippen LogP contribution >= 0.6 is 0 Å². The van der Waals surface area contributed by atoms with E-state index in [9.17, 15) is 0 Å². The van der Waals surface area contributed by atoms with Gasteiger partial charge in [0.25, 0.3) is 0 Å². The van der Waals surface area contributed by atoms with E-state index in [0.29, 0.717) is 5.92 Å². The van der Waals surface area contributed by atoms with Crippen LogP contribution in [0.3, 0.4) is 0 Å². The first kappa shape index (κ1) is 11.5. The maximum absolute atomic E-state index is 6.26. The molecule has 2 N–H and O–H groups in total. The fourth-order valence-electron chi connectivity index (χ4n) is 2.26. The molecule has 0 aromatic heterocycles. The molecule has 16 heavy (non-hydrogen) atoms. The number of hydrogen-bond donors (Lipinski definition) is 1. The molecule has 0 saturated carbocycles. The summed E-state index contributed by atoms with van der Waals surface area (Å²) < 4.78 is 5.69. The van der Waals surface area contributed by atoms with Crippen molar-refractivity contribution in [2.24, 2.45) is 11.7 Å². The number of nitrogens with two attached hydrogens (primary N) is 1. The van der Waals surface area contributed by atoms with Crippen molar-refractivity contribution in [3.63, 3.8) is 0 Å². The first-order valence-electron chi connectivity index (χ1n) is 6.22. The van der Waals surface area contributed by atoms with E-state index in [-0.39, 0.29) is 6.04 Å². The van der Waals surface area contributed by atoms with E-state index in [1.807, 2.05) is 0 Å². The van der Waals surface area contributed by atoms with Gasteiger partial charge in [-0.15, -0.1) is 0 Å².